The lowest BCUT2D eigenvalue weighted by Crippen LogP contribution is -2.13. The molecule has 0 saturated heterocycles. The van der Waals surface area contributed by atoms with Crippen molar-refractivity contribution in [3.8, 4) is 10.6 Å². The Hall–Kier alpha value is -2.12. The number of benzene rings is 1. The van der Waals surface area contributed by atoms with Gasteiger partial charge in [0.25, 0.3) is 10.0 Å². The maximum atomic E-state index is 12.9. The molecule has 3 rings (SSSR count). The lowest BCUT2D eigenvalue weighted by atomic mass is 10.2. The van der Waals surface area contributed by atoms with Gasteiger partial charge in [0.05, 0.1) is 4.88 Å². The molecule has 1 N–H and O–H groups in total. The summed E-state index contributed by atoms with van der Waals surface area (Å²) in [5, 5.41) is 6.40. The zero-order chi connectivity index (χ0) is 17.3. The zero-order valence-corrected chi connectivity index (χ0v) is 15.4. The van der Waals surface area contributed by atoms with Crippen LogP contribution in [0.1, 0.15) is 25.5 Å². The highest BCUT2D eigenvalue weighted by Crippen LogP contribution is 2.31. The van der Waals surface area contributed by atoms with E-state index in [1.165, 1.54) is 11.3 Å². The minimum absolute atomic E-state index is 0.0756. The summed E-state index contributed by atoms with van der Waals surface area (Å²) in [5.74, 6) is 0. The van der Waals surface area contributed by atoms with E-state index < -0.39 is 10.0 Å². The molecular formula is C17H19N3O2S2. The van der Waals surface area contributed by atoms with Gasteiger partial charge >= 0.3 is 0 Å². The first-order valence-electron chi connectivity index (χ1n) is 7.59. The second-order valence-electron chi connectivity index (χ2n) is 5.87. The van der Waals surface area contributed by atoms with E-state index in [4.69, 9.17) is 0 Å². The Balaban J connectivity index is 2.06. The SMILES string of the molecule is Cc1cccc(NS(=O)(=O)c2cn(C(C)C)nc2-c2cccs2)c1. The number of nitrogens with zero attached hydrogens (tertiary/aromatic N) is 2. The first-order chi connectivity index (χ1) is 11.4. The molecule has 2 heterocycles. The lowest BCUT2D eigenvalue weighted by Gasteiger charge is -2.08. The monoisotopic (exact) mass is 361 g/mol. The smallest absolute Gasteiger partial charge is 0.265 e. The van der Waals surface area contributed by atoms with Crippen LogP contribution in [0, 0.1) is 6.92 Å². The van der Waals surface area contributed by atoms with Gasteiger partial charge in [-0.25, -0.2) is 8.42 Å². The van der Waals surface area contributed by atoms with E-state index >= 15 is 0 Å². The van der Waals surface area contributed by atoms with Crippen molar-refractivity contribution in [2.75, 3.05) is 4.72 Å². The van der Waals surface area contributed by atoms with Crippen LogP contribution in [-0.2, 0) is 10.0 Å². The van der Waals surface area contributed by atoms with E-state index in [-0.39, 0.29) is 10.9 Å². The van der Waals surface area contributed by atoms with Gasteiger partial charge in [-0.3, -0.25) is 9.40 Å². The van der Waals surface area contributed by atoms with Gasteiger partial charge in [-0.15, -0.1) is 11.3 Å². The summed E-state index contributed by atoms with van der Waals surface area (Å²) in [6, 6.07) is 11.1. The van der Waals surface area contributed by atoms with Gasteiger partial charge in [-0.1, -0.05) is 18.2 Å². The molecule has 0 amide bonds. The van der Waals surface area contributed by atoms with E-state index in [1.807, 2.05) is 50.4 Å². The Labute approximate surface area is 146 Å². The number of hydrogen-bond donors (Lipinski definition) is 1. The number of aryl methyl sites for hydroxylation is 1. The molecule has 0 spiro atoms. The van der Waals surface area contributed by atoms with Crippen molar-refractivity contribution in [3.63, 3.8) is 0 Å². The predicted octanol–water partition coefficient (Wildman–Crippen LogP) is 4.30. The van der Waals surface area contributed by atoms with Crippen molar-refractivity contribution < 1.29 is 8.42 Å². The van der Waals surface area contributed by atoms with Crippen LogP contribution in [0.25, 0.3) is 10.6 Å². The van der Waals surface area contributed by atoms with Crippen LogP contribution in [0.2, 0.25) is 0 Å². The fourth-order valence-electron chi connectivity index (χ4n) is 2.34. The number of anilines is 1. The molecule has 0 saturated carbocycles. The average molecular weight is 361 g/mol. The van der Waals surface area contributed by atoms with Gasteiger partial charge in [-0.05, 0) is 49.9 Å². The largest absolute Gasteiger partial charge is 0.280 e. The molecule has 5 nitrogen and oxygen atoms in total. The van der Waals surface area contributed by atoms with E-state index in [2.05, 4.69) is 9.82 Å². The Bertz CT molecular complexity index is 942. The first kappa shape index (κ1) is 16.7. The summed E-state index contributed by atoms with van der Waals surface area (Å²) in [5.41, 5.74) is 2.02. The van der Waals surface area contributed by atoms with Crippen LogP contribution in [0.3, 0.4) is 0 Å². The molecule has 0 aliphatic heterocycles. The molecule has 24 heavy (non-hydrogen) atoms. The van der Waals surface area contributed by atoms with E-state index in [1.54, 1.807) is 23.0 Å². The summed E-state index contributed by atoms with van der Waals surface area (Å²) < 4.78 is 30.1. The van der Waals surface area contributed by atoms with Crippen LogP contribution in [-0.4, -0.2) is 18.2 Å². The third-order valence-corrected chi connectivity index (χ3v) is 5.80. The Morgan fingerprint density at radius 3 is 2.62 bits per heavy atom. The fourth-order valence-corrected chi connectivity index (χ4v) is 4.33. The molecule has 1 aromatic carbocycles. The maximum Gasteiger partial charge on any atom is 0.265 e. The summed E-state index contributed by atoms with van der Waals surface area (Å²) in [6.45, 7) is 5.86. The van der Waals surface area contributed by atoms with Crippen molar-refractivity contribution in [1.82, 2.24) is 9.78 Å². The lowest BCUT2D eigenvalue weighted by molar-refractivity contribution is 0.532. The molecule has 126 valence electrons. The highest BCUT2D eigenvalue weighted by atomic mass is 32.2. The van der Waals surface area contributed by atoms with Gasteiger partial charge in [0.1, 0.15) is 10.6 Å². The topological polar surface area (TPSA) is 64.0 Å². The molecule has 2 aromatic heterocycles. The van der Waals surface area contributed by atoms with Gasteiger partial charge in [0.2, 0.25) is 0 Å². The highest BCUT2D eigenvalue weighted by Gasteiger charge is 2.25. The van der Waals surface area contributed by atoms with Gasteiger partial charge < -0.3 is 0 Å². The molecule has 0 bridgehead atoms. The van der Waals surface area contributed by atoms with E-state index in [0.29, 0.717) is 11.4 Å². The van der Waals surface area contributed by atoms with E-state index in [9.17, 15) is 8.42 Å². The van der Waals surface area contributed by atoms with Crippen LogP contribution in [0.5, 0.6) is 0 Å². The van der Waals surface area contributed by atoms with Crippen LogP contribution in [0.4, 0.5) is 5.69 Å². The number of hydrogen-bond acceptors (Lipinski definition) is 4. The highest BCUT2D eigenvalue weighted by molar-refractivity contribution is 7.92. The van der Waals surface area contributed by atoms with Crippen molar-refractivity contribution in [2.45, 2.75) is 31.7 Å². The van der Waals surface area contributed by atoms with Crippen molar-refractivity contribution in [1.29, 1.82) is 0 Å². The second-order valence-corrected chi connectivity index (χ2v) is 8.47. The number of rotatable bonds is 5. The normalized spacial score (nSPS) is 11.8. The standard InChI is InChI=1S/C17H19N3O2S2/c1-12(2)20-11-16(17(18-20)15-8-5-9-23-15)24(21,22)19-14-7-4-6-13(3)10-14/h4-12,19H,1-3H3. The third kappa shape index (κ3) is 3.37. The van der Waals surface area contributed by atoms with Gasteiger partial charge in [-0.2, -0.15) is 5.10 Å². The van der Waals surface area contributed by atoms with Crippen LogP contribution < -0.4 is 4.72 Å². The van der Waals surface area contributed by atoms with Gasteiger partial charge in [0.15, 0.2) is 0 Å². The molecule has 3 aromatic rings. The third-order valence-electron chi connectivity index (χ3n) is 3.54. The van der Waals surface area contributed by atoms with E-state index in [0.717, 1.165) is 10.4 Å². The minimum atomic E-state index is -3.73. The summed E-state index contributed by atoms with van der Waals surface area (Å²) in [4.78, 5) is 1.03. The molecule has 0 aliphatic carbocycles. The number of sulfonamides is 1. The van der Waals surface area contributed by atoms with Crippen LogP contribution >= 0.6 is 11.3 Å². The maximum absolute atomic E-state index is 12.9. The zero-order valence-electron chi connectivity index (χ0n) is 13.7. The predicted molar refractivity (Wildman–Crippen MR) is 97.9 cm³/mol. The second kappa shape index (κ2) is 6.41. The molecule has 7 heteroatoms. The molecule has 0 radical (unpaired) electrons. The molecule has 0 aliphatic rings. The minimum Gasteiger partial charge on any atom is -0.280 e. The van der Waals surface area contributed by atoms with Gasteiger partial charge in [0, 0.05) is 17.9 Å². The Morgan fingerprint density at radius 2 is 2.00 bits per heavy atom. The first-order valence-corrected chi connectivity index (χ1v) is 9.95. The Morgan fingerprint density at radius 1 is 1.21 bits per heavy atom. The molecule has 0 fully saturated rings. The van der Waals surface area contributed by atoms with Crippen molar-refractivity contribution >= 4 is 27.0 Å². The fraction of sp³-hybridized carbons (Fsp3) is 0.235. The Kier molecular flexibility index (Phi) is 4.47. The quantitative estimate of drug-likeness (QED) is 0.737. The van der Waals surface area contributed by atoms with Crippen LogP contribution in [0.15, 0.2) is 52.9 Å². The number of thiophene rings is 1. The summed E-state index contributed by atoms with van der Waals surface area (Å²) >= 11 is 1.47. The number of aromatic nitrogens is 2. The molecule has 0 atom stereocenters. The molecule has 0 unspecified atom stereocenters. The summed E-state index contributed by atoms with van der Waals surface area (Å²) in [6.07, 6.45) is 1.60. The van der Waals surface area contributed by atoms with Crippen molar-refractivity contribution in [3.05, 3.63) is 53.5 Å². The van der Waals surface area contributed by atoms with Crippen molar-refractivity contribution in [2.24, 2.45) is 0 Å². The summed E-state index contributed by atoms with van der Waals surface area (Å²) in [7, 11) is -3.73. The molecular weight excluding hydrogens is 342 g/mol. The number of nitrogens with one attached hydrogen (secondary N) is 1. The average Bonchev–Trinajstić information content (AvgIpc) is 3.16.